The van der Waals surface area contributed by atoms with Crippen molar-refractivity contribution in [3.8, 4) is 11.1 Å². The van der Waals surface area contributed by atoms with Crippen molar-refractivity contribution in [1.29, 1.82) is 0 Å². The van der Waals surface area contributed by atoms with Crippen LogP contribution < -0.4 is 10.6 Å². The number of amides is 2. The zero-order valence-electron chi connectivity index (χ0n) is 19.9. The lowest BCUT2D eigenvalue weighted by Gasteiger charge is -2.19. The summed E-state index contributed by atoms with van der Waals surface area (Å²) < 4.78 is 10.5. The number of hydrogen-bond acceptors (Lipinski definition) is 5. The Hall–Kier alpha value is -3.39. The van der Waals surface area contributed by atoms with Crippen molar-refractivity contribution >= 4 is 18.0 Å². The standard InChI is InChI=1S/C27H32N2O6/c1-34-24(26(31)32)12-13-28-25(30)18(14-17-10-11-17)15-29-27(33)35-16-23-21-8-4-2-6-19(21)20-7-3-5-9-22(20)23/h2-9,17-18,23-24H,10-16H2,1H3,(H,28,30)(H,29,33)(H,31,32). The van der Waals surface area contributed by atoms with Crippen LogP contribution in [0.5, 0.6) is 0 Å². The van der Waals surface area contributed by atoms with E-state index in [1.165, 1.54) is 7.11 Å². The highest BCUT2D eigenvalue weighted by Gasteiger charge is 2.31. The summed E-state index contributed by atoms with van der Waals surface area (Å²) in [7, 11) is 1.33. The molecule has 1 fully saturated rings. The number of alkyl carbamates (subject to hydrolysis) is 1. The van der Waals surface area contributed by atoms with E-state index >= 15 is 0 Å². The molecule has 35 heavy (non-hydrogen) atoms. The molecule has 186 valence electrons. The number of fused-ring (bicyclic) bond motifs is 3. The molecule has 0 spiro atoms. The highest BCUT2D eigenvalue weighted by molar-refractivity contribution is 5.80. The summed E-state index contributed by atoms with van der Waals surface area (Å²) in [5, 5.41) is 14.6. The molecule has 2 amide bonds. The predicted octanol–water partition coefficient (Wildman–Crippen LogP) is 3.55. The van der Waals surface area contributed by atoms with Gasteiger partial charge in [0.1, 0.15) is 6.61 Å². The number of carboxylic acid groups (broad SMARTS) is 1. The number of hydrogen-bond donors (Lipinski definition) is 3. The van der Waals surface area contributed by atoms with Gasteiger partial charge in [-0.15, -0.1) is 0 Å². The van der Waals surface area contributed by atoms with Crippen LogP contribution >= 0.6 is 0 Å². The maximum atomic E-state index is 12.7. The summed E-state index contributed by atoms with van der Waals surface area (Å²) in [5.74, 6) is -1.19. The molecule has 0 heterocycles. The summed E-state index contributed by atoms with van der Waals surface area (Å²) in [6, 6.07) is 16.3. The molecule has 8 nitrogen and oxygen atoms in total. The van der Waals surface area contributed by atoms with Gasteiger partial charge in [-0.05, 0) is 34.6 Å². The lowest BCUT2D eigenvalue weighted by molar-refractivity contribution is -0.149. The van der Waals surface area contributed by atoms with Crippen molar-refractivity contribution in [2.75, 3.05) is 26.8 Å². The number of methoxy groups -OCH3 is 1. The van der Waals surface area contributed by atoms with Crippen molar-refractivity contribution < 1.29 is 29.0 Å². The van der Waals surface area contributed by atoms with E-state index in [9.17, 15) is 14.4 Å². The second-order valence-corrected chi connectivity index (χ2v) is 9.22. The number of ether oxygens (including phenoxy) is 2. The minimum Gasteiger partial charge on any atom is -0.479 e. The van der Waals surface area contributed by atoms with Gasteiger partial charge < -0.3 is 25.2 Å². The first kappa shape index (κ1) is 24.7. The summed E-state index contributed by atoms with van der Waals surface area (Å²) in [6.07, 6.45) is 1.51. The number of rotatable bonds is 12. The highest BCUT2D eigenvalue weighted by Crippen LogP contribution is 2.44. The van der Waals surface area contributed by atoms with Gasteiger partial charge in [0.25, 0.3) is 0 Å². The molecule has 2 aromatic rings. The number of carbonyl (C=O) groups is 3. The normalized spacial score (nSPS) is 16.0. The summed E-state index contributed by atoms with van der Waals surface area (Å²) in [6.45, 7) is 0.578. The fourth-order valence-electron chi connectivity index (χ4n) is 4.71. The number of aliphatic carboxylic acids is 1. The molecule has 4 rings (SSSR count). The molecule has 2 aliphatic carbocycles. The number of nitrogens with one attached hydrogen (secondary N) is 2. The van der Waals surface area contributed by atoms with Crippen LogP contribution in [0.1, 0.15) is 42.7 Å². The molecule has 8 heteroatoms. The minimum absolute atomic E-state index is 0.0262. The van der Waals surface area contributed by atoms with E-state index in [2.05, 4.69) is 34.9 Å². The molecule has 2 atom stereocenters. The largest absolute Gasteiger partial charge is 0.479 e. The smallest absolute Gasteiger partial charge is 0.407 e. The molecule has 0 aliphatic heterocycles. The van der Waals surface area contributed by atoms with Crippen molar-refractivity contribution in [3.63, 3.8) is 0 Å². The second kappa shape index (κ2) is 11.4. The van der Waals surface area contributed by atoms with Gasteiger partial charge in [-0.3, -0.25) is 4.79 Å². The fourth-order valence-corrected chi connectivity index (χ4v) is 4.71. The van der Waals surface area contributed by atoms with Crippen LogP contribution in [0, 0.1) is 11.8 Å². The Balaban J connectivity index is 1.28. The summed E-state index contributed by atoms with van der Waals surface area (Å²) in [5.41, 5.74) is 4.61. The van der Waals surface area contributed by atoms with E-state index in [-0.39, 0.29) is 37.9 Å². The third-order valence-electron chi connectivity index (χ3n) is 6.79. The Morgan fingerprint density at radius 2 is 1.63 bits per heavy atom. The van der Waals surface area contributed by atoms with E-state index in [0.29, 0.717) is 12.3 Å². The van der Waals surface area contributed by atoms with Crippen LogP contribution in [-0.2, 0) is 19.1 Å². The minimum atomic E-state index is -1.06. The van der Waals surface area contributed by atoms with E-state index in [4.69, 9.17) is 14.6 Å². The van der Waals surface area contributed by atoms with Crippen molar-refractivity contribution in [3.05, 3.63) is 59.7 Å². The molecule has 2 aromatic carbocycles. The van der Waals surface area contributed by atoms with Gasteiger partial charge in [0.15, 0.2) is 6.10 Å². The van der Waals surface area contributed by atoms with Crippen molar-refractivity contribution in [2.24, 2.45) is 11.8 Å². The van der Waals surface area contributed by atoms with E-state index in [1.807, 2.05) is 24.3 Å². The fraction of sp³-hybridized carbons (Fsp3) is 0.444. The zero-order chi connectivity index (χ0) is 24.8. The molecule has 1 saturated carbocycles. The topological polar surface area (TPSA) is 114 Å². The predicted molar refractivity (Wildman–Crippen MR) is 130 cm³/mol. The first-order valence-corrected chi connectivity index (χ1v) is 12.1. The molecular weight excluding hydrogens is 448 g/mol. The van der Waals surface area contributed by atoms with Crippen LogP contribution in [-0.4, -0.2) is 56.0 Å². The van der Waals surface area contributed by atoms with E-state index in [0.717, 1.165) is 35.1 Å². The van der Waals surface area contributed by atoms with Crippen LogP contribution in [0.2, 0.25) is 0 Å². The third kappa shape index (κ3) is 6.19. The monoisotopic (exact) mass is 480 g/mol. The first-order chi connectivity index (χ1) is 17.0. The van der Waals surface area contributed by atoms with Crippen LogP contribution in [0.15, 0.2) is 48.5 Å². The lowest BCUT2D eigenvalue weighted by atomic mass is 9.98. The van der Waals surface area contributed by atoms with Gasteiger partial charge >= 0.3 is 12.1 Å². The van der Waals surface area contributed by atoms with Crippen molar-refractivity contribution in [2.45, 2.75) is 37.7 Å². The number of benzene rings is 2. The summed E-state index contributed by atoms with van der Waals surface area (Å²) in [4.78, 5) is 36.3. The Bertz CT molecular complexity index is 1020. The van der Waals surface area contributed by atoms with E-state index < -0.39 is 24.1 Å². The summed E-state index contributed by atoms with van der Waals surface area (Å²) >= 11 is 0. The molecule has 2 aliphatic rings. The zero-order valence-corrected chi connectivity index (χ0v) is 19.9. The van der Waals surface area contributed by atoms with Gasteiger partial charge in [0.05, 0.1) is 5.92 Å². The molecule has 0 aromatic heterocycles. The quantitative estimate of drug-likeness (QED) is 0.428. The Kier molecular flexibility index (Phi) is 8.02. The van der Waals surface area contributed by atoms with Crippen molar-refractivity contribution in [1.82, 2.24) is 10.6 Å². The average molecular weight is 481 g/mol. The maximum Gasteiger partial charge on any atom is 0.407 e. The van der Waals surface area contributed by atoms with Gasteiger partial charge in [-0.25, -0.2) is 9.59 Å². The Morgan fingerprint density at radius 1 is 1.00 bits per heavy atom. The molecule has 3 N–H and O–H groups in total. The lowest BCUT2D eigenvalue weighted by Crippen LogP contribution is -2.40. The maximum absolute atomic E-state index is 12.7. The van der Waals surface area contributed by atoms with Gasteiger partial charge in [0.2, 0.25) is 5.91 Å². The van der Waals surface area contributed by atoms with E-state index in [1.54, 1.807) is 0 Å². The second-order valence-electron chi connectivity index (χ2n) is 9.22. The molecule has 0 saturated heterocycles. The van der Waals surface area contributed by atoms with Crippen LogP contribution in [0.3, 0.4) is 0 Å². The molecular formula is C27H32N2O6. The SMILES string of the molecule is COC(CCNC(=O)C(CNC(=O)OCC1c2ccccc2-c2ccccc21)CC1CC1)C(=O)O. The highest BCUT2D eigenvalue weighted by atomic mass is 16.5. The van der Waals surface area contributed by atoms with Gasteiger partial charge in [-0.2, -0.15) is 0 Å². The first-order valence-electron chi connectivity index (χ1n) is 12.1. The molecule has 2 unspecified atom stereocenters. The van der Waals surface area contributed by atoms with Gasteiger partial charge in [-0.1, -0.05) is 61.4 Å². The Morgan fingerprint density at radius 3 is 2.20 bits per heavy atom. The average Bonchev–Trinajstić information content (AvgIpc) is 3.63. The molecule has 0 bridgehead atoms. The number of carbonyl (C=O) groups excluding carboxylic acids is 2. The van der Waals surface area contributed by atoms with Crippen LogP contribution in [0.4, 0.5) is 4.79 Å². The molecule has 0 radical (unpaired) electrons. The van der Waals surface area contributed by atoms with Gasteiger partial charge in [0, 0.05) is 32.5 Å². The number of carboxylic acids is 1. The van der Waals surface area contributed by atoms with Crippen LogP contribution in [0.25, 0.3) is 11.1 Å². The Labute approximate surface area is 205 Å². The third-order valence-corrected chi connectivity index (χ3v) is 6.79.